The minimum Gasteiger partial charge on any atom is -0.360 e. The number of hydrogen-bond acceptors (Lipinski definition) is 2. The molecule has 1 amide bonds. The minimum absolute atomic E-state index is 0.00220. The summed E-state index contributed by atoms with van der Waals surface area (Å²) in [6.07, 6.45) is 2.75. The fourth-order valence-electron chi connectivity index (χ4n) is 1.59. The van der Waals surface area contributed by atoms with Crippen LogP contribution in [-0.2, 0) is 11.2 Å². The van der Waals surface area contributed by atoms with Crippen LogP contribution < -0.4 is 5.32 Å². The Morgan fingerprint density at radius 1 is 1.56 bits per heavy atom. The van der Waals surface area contributed by atoms with Crippen LogP contribution in [0.2, 0.25) is 0 Å². The van der Waals surface area contributed by atoms with E-state index in [1.54, 1.807) is 0 Å². The summed E-state index contributed by atoms with van der Waals surface area (Å²) in [6, 6.07) is 3.99. The number of carbonyl (C=O) groups is 1. The molecule has 0 spiro atoms. The highest BCUT2D eigenvalue weighted by molar-refractivity contribution is 14.1. The molecule has 0 saturated heterocycles. The van der Waals surface area contributed by atoms with E-state index in [-0.39, 0.29) is 5.91 Å². The highest BCUT2D eigenvalue weighted by atomic mass is 127. The number of rotatable bonds is 3. The van der Waals surface area contributed by atoms with Gasteiger partial charge >= 0.3 is 0 Å². The van der Waals surface area contributed by atoms with Crippen LogP contribution in [0.3, 0.4) is 0 Å². The first-order valence-corrected chi connectivity index (χ1v) is 6.11. The van der Waals surface area contributed by atoms with Gasteiger partial charge in [-0.3, -0.25) is 4.79 Å². The standard InChI is InChI=1S/C11H12IN3O/c1-7(16)13-5-4-8-6-14-9-2-3-10(12)15-11(8)9/h2-3,6,14H,4-5H2,1H3,(H,13,16). The molecule has 0 aliphatic rings. The van der Waals surface area contributed by atoms with E-state index < -0.39 is 0 Å². The lowest BCUT2D eigenvalue weighted by Crippen LogP contribution is -2.22. The lowest BCUT2D eigenvalue weighted by molar-refractivity contribution is -0.118. The third kappa shape index (κ3) is 2.52. The van der Waals surface area contributed by atoms with E-state index in [1.807, 2.05) is 18.3 Å². The number of hydrogen-bond donors (Lipinski definition) is 2. The van der Waals surface area contributed by atoms with Crippen molar-refractivity contribution in [3.05, 3.63) is 27.6 Å². The monoisotopic (exact) mass is 329 g/mol. The highest BCUT2D eigenvalue weighted by Gasteiger charge is 2.05. The van der Waals surface area contributed by atoms with Gasteiger partial charge < -0.3 is 10.3 Å². The van der Waals surface area contributed by atoms with Gasteiger partial charge in [0, 0.05) is 19.7 Å². The van der Waals surface area contributed by atoms with E-state index in [2.05, 4.69) is 37.9 Å². The molecule has 0 unspecified atom stereocenters. The molecule has 2 N–H and O–H groups in total. The molecule has 5 heteroatoms. The second-order valence-electron chi connectivity index (χ2n) is 3.58. The summed E-state index contributed by atoms with van der Waals surface area (Å²) in [7, 11) is 0. The Balaban J connectivity index is 2.17. The van der Waals surface area contributed by atoms with Crippen molar-refractivity contribution in [2.75, 3.05) is 6.54 Å². The molecule has 4 nitrogen and oxygen atoms in total. The number of nitrogens with zero attached hydrogens (tertiary/aromatic N) is 1. The van der Waals surface area contributed by atoms with Crippen LogP contribution in [0.4, 0.5) is 0 Å². The summed E-state index contributed by atoms with van der Waals surface area (Å²) in [6.45, 7) is 2.17. The maximum absolute atomic E-state index is 10.8. The van der Waals surface area contributed by atoms with Crippen LogP contribution in [0.5, 0.6) is 0 Å². The summed E-state index contributed by atoms with van der Waals surface area (Å²) < 4.78 is 0.977. The second-order valence-corrected chi connectivity index (χ2v) is 4.68. The molecule has 0 bridgehead atoms. The van der Waals surface area contributed by atoms with Gasteiger partial charge in [0.2, 0.25) is 5.91 Å². The average molecular weight is 329 g/mol. The number of pyridine rings is 1. The molecule has 16 heavy (non-hydrogen) atoms. The Hall–Kier alpha value is -1.11. The molecule has 0 aliphatic heterocycles. The van der Waals surface area contributed by atoms with Gasteiger partial charge in [-0.1, -0.05) is 0 Å². The van der Waals surface area contributed by atoms with Crippen molar-refractivity contribution in [3.8, 4) is 0 Å². The maximum atomic E-state index is 10.8. The Kier molecular flexibility index (Phi) is 3.42. The fraction of sp³-hybridized carbons (Fsp3) is 0.273. The number of amides is 1. The van der Waals surface area contributed by atoms with Gasteiger partial charge in [-0.2, -0.15) is 0 Å². The van der Waals surface area contributed by atoms with Crippen molar-refractivity contribution in [1.29, 1.82) is 0 Å². The van der Waals surface area contributed by atoms with Crippen LogP contribution in [0, 0.1) is 3.70 Å². The van der Waals surface area contributed by atoms with E-state index in [1.165, 1.54) is 6.92 Å². The second kappa shape index (κ2) is 4.82. The van der Waals surface area contributed by atoms with Gasteiger partial charge in [0.25, 0.3) is 0 Å². The minimum atomic E-state index is 0.00220. The third-order valence-corrected chi connectivity index (χ3v) is 2.94. The number of halogens is 1. The zero-order chi connectivity index (χ0) is 11.5. The zero-order valence-electron chi connectivity index (χ0n) is 8.88. The summed E-state index contributed by atoms with van der Waals surface area (Å²) in [4.78, 5) is 18.4. The van der Waals surface area contributed by atoms with Crippen molar-refractivity contribution in [2.24, 2.45) is 0 Å². The predicted molar refractivity (Wildman–Crippen MR) is 71.2 cm³/mol. The number of nitrogens with one attached hydrogen (secondary N) is 2. The number of aromatic amines is 1. The first-order valence-electron chi connectivity index (χ1n) is 5.04. The largest absolute Gasteiger partial charge is 0.360 e. The van der Waals surface area contributed by atoms with Crippen LogP contribution in [-0.4, -0.2) is 22.4 Å². The summed E-state index contributed by atoms with van der Waals surface area (Å²) in [5, 5.41) is 2.78. The van der Waals surface area contributed by atoms with E-state index in [9.17, 15) is 4.79 Å². The van der Waals surface area contributed by atoms with Gasteiger partial charge in [0.15, 0.2) is 0 Å². The van der Waals surface area contributed by atoms with Crippen LogP contribution in [0.15, 0.2) is 18.3 Å². The quantitative estimate of drug-likeness (QED) is 0.667. The maximum Gasteiger partial charge on any atom is 0.216 e. The van der Waals surface area contributed by atoms with E-state index in [0.29, 0.717) is 6.54 Å². The lowest BCUT2D eigenvalue weighted by atomic mass is 10.2. The Labute approximate surface area is 107 Å². The van der Waals surface area contributed by atoms with Gasteiger partial charge in [-0.25, -0.2) is 4.98 Å². The molecule has 0 atom stereocenters. The van der Waals surface area contributed by atoms with E-state index in [4.69, 9.17) is 0 Å². The molecule has 0 saturated carbocycles. The highest BCUT2D eigenvalue weighted by Crippen LogP contribution is 2.17. The Morgan fingerprint density at radius 3 is 3.12 bits per heavy atom. The van der Waals surface area contributed by atoms with Crippen molar-refractivity contribution in [3.63, 3.8) is 0 Å². The average Bonchev–Trinajstić information content (AvgIpc) is 2.60. The molecular formula is C11H12IN3O. The zero-order valence-corrected chi connectivity index (χ0v) is 11.0. The van der Waals surface area contributed by atoms with E-state index in [0.717, 1.165) is 26.7 Å². The Bertz CT molecular complexity index is 521. The van der Waals surface area contributed by atoms with Gasteiger partial charge in [-0.05, 0) is 46.7 Å². The Morgan fingerprint density at radius 2 is 2.38 bits per heavy atom. The van der Waals surface area contributed by atoms with Gasteiger partial charge in [0.05, 0.1) is 11.0 Å². The number of fused-ring (bicyclic) bond motifs is 1. The molecule has 2 rings (SSSR count). The normalized spacial score (nSPS) is 10.6. The summed E-state index contributed by atoms with van der Waals surface area (Å²) in [5.74, 6) is 0.00220. The van der Waals surface area contributed by atoms with Crippen molar-refractivity contribution in [1.82, 2.24) is 15.3 Å². The van der Waals surface area contributed by atoms with Crippen molar-refractivity contribution in [2.45, 2.75) is 13.3 Å². The van der Waals surface area contributed by atoms with Crippen LogP contribution >= 0.6 is 22.6 Å². The van der Waals surface area contributed by atoms with Gasteiger partial charge in [0.1, 0.15) is 3.70 Å². The molecule has 0 fully saturated rings. The molecule has 0 aliphatic carbocycles. The van der Waals surface area contributed by atoms with Crippen molar-refractivity contribution >= 4 is 39.5 Å². The molecule has 2 aromatic heterocycles. The number of aromatic nitrogens is 2. The molecule has 0 aromatic carbocycles. The molecule has 2 aromatic rings. The topological polar surface area (TPSA) is 57.8 Å². The van der Waals surface area contributed by atoms with Crippen molar-refractivity contribution < 1.29 is 4.79 Å². The first kappa shape index (κ1) is 11.4. The molecule has 2 heterocycles. The molecular weight excluding hydrogens is 317 g/mol. The van der Waals surface area contributed by atoms with Crippen LogP contribution in [0.25, 0.3) is 11.0 Å². The van der Waals surface area contributed by atoms with Crippen LogP contribution in [0.1, 0.15) is 12.5 Å². The lowest BCUT2D eigenvalue weighted by Gasteiger charge is -2.00. The molecule has 0 radical (unpaired) electrons. The smallest absolute Gasteiger partial charge is 0.216 e. The first-order chi connectivity index (χ1) is 7.66. The predicted octanol–water partition coefficient (Wildman–Crippen LogP) is 1.85. The SMILES string of the molecule is CC(=O)NCCc1c[nH]c2ccc(I)nc12. The summed E-state index contributed by atoms with van der Waals surface area (Å²) >= 11 is 2.20. The van der Waals surface area contributed by atoms with E-state index >= 15 is 0 Å². The summed E-state index contributed by atoms with van der Waals surface area (Å²) in [5.41, 5.74) is 3.18. The van der Waals surface area contributed by atoms with Gasteiger partial charge in [-0.15, -0.1) is 0 Å². The third-order valence-electron chi connectivity index (χ3n) is 2.34. The molecule has 84 valence electrons. The number of H-pyrrole nitrogens is 1. The number of carbonyl (C=O) groups excluding carboxylic acids is 1. The fourth-order valence-corrected chi connectivity index (χ4v) is 2.01.